The molecule has 0 spiro atoms. The molecule has 1 aliphatic rings. The molecule has 10 heteroatoms. The SMILES string of the molecule is O=C(CNS(=O)(=O)c1ccccc1F)N1CCC(S(=O)(=O)c2ccccc2)C1. The van der Waals surface area contributed by atoms with Crippen LogP contribution < -0.4 is 4.72 Å². The van der Waals surface area contributed by atoms with Gasteiger partial charge in [0, 0.05) is 13.1 Å². The molecule has 0 bridgehead atoms. The van der Waals surface area contributed by atoms with E-state index in [0.717, 1.165) is 12.1 Å². The lowest BCUT2D eigenvalue weighted by Gasteiger charge is -2.17. The Morgan fingerprint density at radius 1 is 1.04 bits per heavy atom. The van der Waals surface area contributed by atoms with Gasteiger partial charge in [-0.05, 0) is 30.7 Å². The molecule has 1 fully saturated rings. The maximum Gasteiger partial charge on any atom is 0.243 e. The molecule has 1 heterocycles. The number of halogens is 1. The number of rotatable bonds is 6. The van der Waals surface area contributed by atoms with Gasteiger partial charge in [-0.15, -0.1) is 0 Å². The van der Waals surface area contributed by atoms with Crippen LogP contribution in [0, 0.1) is 5.82 Å². The van der Waals surface area contributed by atoms with Crippen molar-refractivity contribution in [3.05, 3.63) is 60.4 Å². The quantitative estimate of drug-likeness (QED) is 0.748. The molecule has 0 radical (unpaired) electrons. The predicted molar refractivity (Wildman–Crippen MR) is 100 cm³/mol. The number of hydrogen-bond acceptors (Lipinski definition) is 5. The summed E-state index contributed by atoms with van der Waals surface area (Å²) < 4.78 is 65.4. The average Bonchev–Trinajstić information content (AvgIpc) is 3.18. The van der Waals surface area contributed by atoms with Gasteiger partial charge in [0.25, 0.3) is 0 Å². The van der Waals surface area contributed by atoms with Crippen molar-refractivity contribution in [2.24, 2.45) is 0 Å². The smallest absolute Gasteiger partial charge is 0.243 e. The lowest BCUT2D eigenvalue weighted by Crippen LogP contribution is -2.40. The number of carbonyl (C=O) groups is 1. The van der Waals surface area contributed by atoms with Crippen LogP contribution in [-0.2, 0) is 24.7 Å². The van der Waals surface area contributed by atoms with Crippen LogP contribution in [0.2, 0.25) is 0 Å². The van der Waals surface area contributed by atoms with E-state index in [0.29, 0.717) is 0 Å². The van der Waals surface area contributed by atoms with Crippen LogP contribution in [0.1, 0.15) is 6.42 Å². The van der Waals surface area contributed by atoms with Crippen LogP contribution in [0.5, 0.6) is 0 Å². The Morgan fingerprint density at radius 3 is 2.36 bits per heavy atom. The van der Waals surface area contributed by atoms with Crippen LogP contribution in [0.15, 0.2) is 64.4 Å². The summed E-state index contributed by atoms with van der Waals surface area (Å²) in [7, 11) is -7.77. The highest BCUT2D eigenvalue weighted by Crippen LogP contribution is 2.24. The summed E-state index contributed by atoms with van der Waals surface area (Å²) in [6, 6.07) is 12.8. The molecule has 28 heavy (non-hydrogen) atoms. The zero-order valence-electron chi connectivity index (χ0n) is 14.8. The fourth-order valence-corrected chi connectivity index (χ4v) is 5.78. The minimum Gasteiger partial charge on any atom is -0.340 e. The Balaban J connectivity index is 1.63. The number of hydrogen-bond donors (Lipinski definition) is 1. The Labute approximate surface area is 163 Å². The standard InChI is InChI=1S/C18H19FN2O5S2/c19-16-8-4-5-9-17(16)28(25,26)20-12-18(22)21-11-10-15(13-21)27(23,24)14-6-2-1-3-7-14/h1-9,15,20H,10-13H2. The number of nitrogens with zero attached hydrogens (tertiary/aromatic N) is 1. The Hall–Kier alpha value is -2.30. The Morgan fingerprint density at radius 2 is 1.68 bits per heavy atom. The third kappa shape index (κ3) is 4.23. The molecule has 1 aliphatic heterocycles. The highest BCUT2D eigenvalue weighted by molar-refractivity contribution is 7.92. The molecular formula is C18H19FN2O5S2. The number of carbonyl (C=O) groups excluding carboxylic acids is 1. The third-order valence-corrected chi connectivity index (χ3v) is 8.17. The minimum absolute atomic E-state index is 0.0164. The van der Waals surface area contributed by atoms with Gasteiger partial charge in [-0.25, -0.2) is 25.9 Å². The molecule has 150 valence electrons. The zero-order valence-corrected chi connectivity index (χ0v) is 16.4. The van der Waals surface area contributed by atoms with Gasteiger partial charge in [0.05, 0.1) is 16.7 Å². The zero-order chi connectivity index (χ0) is 20.4. The highest BCUT2D eigenvalue weighted by Gasteiger charge is 2.36. The van der Waals surface area contributed by atoms with Crippen molar-refractivity contribution >= 4 is 25.8 Å². The predicted octanol–water partition coefficient (Wildman–Crippen LogP) is 1.18. The van der Waals surface area contributed by atoms with E-state index in [1.807, 2.05) is 0 Å². The summed E-state index contributed by atoms with van der Waals surface area (Å²) >= 11 is 0. The number of sulfone groups is 1. The molecule has 0 aromatic heterocycles. The molecule has 0 saturated carbocycles. The fraction of sp³-hybridized carbons (Fsp3) is 0.278. The molecule has 2 aromatic rings. The van der Waals surface area contributed by atoms with Gasteiger partial charge in [-0.3, -0.25) is 4.79 Å². The largest absolute Gasteiger partial charge is 0.340 e. The van der Waals surface area contributed by atoms with Crippen LogP contribution in [-0.4, -0.2) is 52.5 Å². The van der Waals surface area contributed by atoms with Crippen molar-refractivity contribution < 1.29 is 26.0 Å². The normalized spacial score (nSPS) is 17.6. The van der Waals surface area contributed by atoms with Gasteiger partial charge in [0.1, 0.15) is 10.7 Å². The second-order valence-electron chi connectivity index (χ2n) is 6.36. The van der Waals surface area contributed by atoms with E-state index < -0.39 is 48.3 Å². The first-order chi connectivity index (χ1) is 13.2. The van der Waals surface area contributed by atoms with Crippen molar-refractivity contribution in [2.45, 2.75) is 21.5 Å². The monoisotopic (exact) mass is 426 g/mol. The molecule has 3 rings (SSSR count). The molecule has 1 unspecified atom stereocenters. The third-order valence-electron chi connectivity index (χ3n) is 4.55. The molecular weight excluding hydrogens is 407 g/mol. The number of amides is 1. The van der Waals surface area contributed by atoms with E-state index in [-0.39, 0.29) is 24.4 Å². The van der Waals surface area contributed by atoms with Gasteiger partial charge in [0.15, 0.2) is 9.84 Å². The van der Waals surface area contributed by atoms with Crippen LogP contribution in [0.4, 0.5) is 4.39 Å². The van der Waals surface area contributed by atoms with Crippen LogP contribution >= 0.6 is 0 Å². The summed E-state index contributed by atoms with van der Waals surface area (Å²) in [5.41, 5.74) is 0. The van der Waals surface area contributed by atoms with Crippen molar-refractivity contribution in [2.75, 3.05) is 19.6 Å². The lowest BCUT2D eigenvalue weighted by molar-refractivity contribution is -0.128. The number of sulfonamides is 1. The average molecular weight is 426 g/mol. The van der Waals surface area contributed by atoms with E-state index in [1.165, 1.54) is 29.2 Å². The topological polar surface area (TPSA) is 101 Å². The summed E-state index contributed by atoms with van der Waals surface area (Å²) in [6.07, 6.45) is 0.267. The van der Waals surface area contributed by atoms with Gasteiger partial charge >= 0.3 is 0 Å². The molecule has 2 aromatic carbocycles. The van der Waals surface area contributed by atoms with E-state index in [4.69, 9.17) is 0 Å². The van der Waals surface area contributed by atoms with Crippen molar-refractivity contribution in [1.82, 2.24) is 9.62 Å². The Bertz CT molecular complexity index is 1070. The first-order valence-corrected chi connectivity index (χ1v) is 11.6. The number of likely N-dealkylation sites (tertiary alicyclic amines) is 1. The Kier molecular flexibility index (Phi) is 5.82. The minimum atomic E-state index is -4.19. The van der Waals surface area contributed by atoms with Crippen LogP contribution in [0.3, 0.4) is 0 Å². The van der Waals surface area contributed by atoms with Crippen molar-refractivity contribution in [3.63, 3.8) is 0 Å². The molecule has 1 amide bonds. The van der Waals surface area contributed by atoms with E-state index in [2.05, 4.69) is 4.72 Å². The van der Waals surface area contributed by atoms with E-state index in [9.17, 15) is 26.0 Å². The first kappa shape index (κ1) is 20.4. The highest BCUT2D eigenvalue weighted by atomic mass is 32.2. The van der Waals surface area contributed by atoms with Crippen LogP contribution in [0.25, 0.3) is 0 Å². The molecule has 1 saturated heterocycles. The summed E-state index contributed by atoms with van der Waals surface area (Å²) in [4.78, 5) is 13.3. The fourth-order valence-electron chi connectivity index (χ4n) is 3.02. The molecule has 1 N–H and O–H groups in total. The van der Waals surface area contributed by atoms with Gasteiger partial charge in [-0.2, -0.15) is 0 Å². The molecule has 0 aliphatic carbocycles. The summed E-state index contributed by atoms with van der Waals surface area (Å²) in [5.74, 6) is -1.48. The number of benzene rings is 2. The van der Waals surface area contributed by atoms with Crippen molar-refractivity contribution in [1.29, 1.82) is 0 Å². The summed E-state index contributed by atoms with van der Waals surface area (Å²) in [6.45, 7) is -0.386. The summed E-state index contributed by atoms with van der Waals surface area (Å²) in [5, 5.41) is -0.748. The lowest BCUT2D eigenvalue weighted by atomic mass is 10.4. The van der Waals surface area contributed by atoms with Gasteiger partial charge < -0.3 is 4.90 Å². The maximum absolute atomic E-state index is 13.7. The van der Waals surface area contributed by atoms with Gasteiger partial charge in [-0.1, -0.05) is 30.3 Å². The maximum atomic E-state index is 13.7. The van der Waals surface area contributed by atoms with Crippen molar-refractivity contribution in [3.8, 4) is 0 Å². The molecule has 1 atom stereocenters. The molecule has 7 nitrogen and oxygen atoms in total. The van der Waals surface area contributed by atoms with E-state index in [1.54, 1.807) is 18.2 Å². The second kappa shape index (κ2) is 7.98. The second-order valence-corrected chi connectivity index (χ2v) is 10.3. The number of nitrogens with one attached hydrogen (secondary N) is 1. The first-order valence-electron chi connectivity index (χ1n) is 8.53. The van der Waals surface area contributed by atoms with Gasteiger partial charge in [0.2, 0.25) is 15.9 Å². The van der Waals surface area contributed by atoms with E-state index >= 15 is 0 Å².